The van der Waals surface area contributed by atoms with Gasteiger partial charge in [0.25, 0.3) is 5.91 Å². The van der Waals surface area contributed by atoms with Gasteiger partial charge in [-0.25, -0.2) is 0 Å². The predicted molar refractivity (Wildman–Crippen MR) is 103 cm³/mol. The third-order valence-corrected chi connectivity index (χ3v) is 4.22. The molecule has 0 spiro atoms. The molecule has 1 unspecified atom stereocenters. The van der Waals surface area contributed by atoms with E-state index in [4.69, 9.17) is 9.47 Å². The zero-order chi connectivity index (χ0) is 19.1. The predicted octanol–water partition coefficient (Wildman–Crippen LogP) is 2.40. The highest BCUT2D eigenvalue weighted by atomic mass is 16.5. The summed E-state index contributed by atoms with van der Waals surface area (Å²) >= 11 is 0. The van der Waals surface area contributed by atoms with Crippen LogP contribution in [0.5, 0.6) is 11.5 Å². The van der Waals surface area contributed by atoms with Crippen LogP contribution < -0.4 is 25.4 Å². The first-order chi connectivity index (χ1) is 13.2. The number of benzene rings is 2. The highest BCUT2D eigenvalue weighted by Crippen LogP contribution is 2.25. The van der Waals surface area contributed by atoms with Crippen molar-refractivity contribution in [1.29, 1.82) is 0 Å². The van der Waals surface area contributed by atoms with Crippen LogP contribution in [0.4, 0.5) is 11.4 Å². The van der Waals surface area contributed by atoms with Gasteiger partial charge in [-0.3, -0.25) is 9.59 Å². The third kappa shape index (κ3) is 5.21. The zero-order valence-corrected chi connectivity index (χ0v) is 15.2. The maximum Gasteiger partial charge on any atom is 0.262 e. The quantitative estimate of drug-likeness (QED) is 0.697. The molecule has 1 fully saturated rings. The summed E-state index contributed by atoms with van der Waals surface area (Å²) in [6, 6.07) is 14.0. The van der Waals surface area contributed by atoms with Gasteiger partial charge in [-0.2, -0.15) is 0 Å². The van der Waals surface area contributed by atoms with Crippen molar-refractivity contribution in [3.05, 3.63) is 48.5 Å². The van der Waals surface area contributed by atoms with E-state index in [1.807, 2.05) is 6.07 Å². The summed E-state index contributed by atoms with van der Waals surface area (Å²) in [5.74, 6) is 0.702. The Hall–Kier alpha value is -3.06. The van der Waals surface area contributed by atoms with Crippen molar-refractivity contribution in [1.82, 2.24) is 5.32 Å². The molecule has 0 saturated carbocycles. The number of hydrogen-bond acceptors (Lipinski definition) is 5. The van der Waals surface area contributed by atoms with Crippen LogP contribution in [0.25, 0.3) is 0 Å². The molecule has 1 aliphatic rings. The number of carbonyl (C=O) groups is 2. The average molecular weight is 369 g/mol. The molecule has 0 bridgehead atoms. The second-order valence-corrected chi connectivity index (χ2v) is 6.21. The molecule has 1 saturated heterocycles. The summed E-state index contributed by atoms with van der Waals surface area (Å²) in [5.41, 5.74) is 1.22. The number of amides is 2. The summed E-state index contributed by atoms with van der Waals surface area (Å²) in [4.78, 5) is 24.3. The largest absolute Gasteiger partial charge is 0.493 e. The standard InChI is InChI=1S/C20H23N3O4/c1-26-17-9-2-3-10-18(17)27-13-19(24)22-14-6-4-7-15(12-14)23-20(25)16-8-5-11-21-16/h2-4,6-7,9-10,12,16,21H,5,8,11,13H2,1H3,(H,22,24)(H,23,25). The van der Waals surface area contributed by atoms with Crippen LogP contribution in [-0.4, -0.2) is 38.1 Å². The fourth-order valence-corrected chi connectivity index (χ4v) is 2.89. The molecule has 3 N–H and O–H groups in total. The van der Waals surface area contributed by atoms with Gasteiger partial charge in [-0.1, -0.05) is 18.2 Å². The number of carbonyl (C=O) groups excluding carboxylic acids is 2. The molecule has 1 atom stereocenters. The molecule has 2 aromatic carbocycles. The van der Waals surface area contributed by atoms with E-state index in [1.54, 1.807) is 49.6 Å². The van der Waals surface area contributed by atoms with Crippen LogP contribution in [-0.2, 0) is 9.59 Å². The van der Waals surface area contributed by atoms with E-state index in [9.17, 15) is 9.59 Å². The zero-order valence-electron chi connectivity index (χ0n) is 15.2. The Bertz CT molecular complexity index is 803. The van der Waals surface area contributed by atoms with E-state index in [0.29, 0.717) is 22.9 Å². The van der Waals surface area contributed by atoms with Crippen molar-refractivity contribution in [2.75, 3.05) is 30.9 Å². The van der Waals surface area contributed by atoms with Crippen LogP contribution >= 0.6 is 0 Å². The van der Waals surface area contributed by atoms with Gasteiger partial charge in [0.15, 0.2) is 18.1 Å². The Balaban J connectivity index is 1.54. The molecular weight excluding hydrogens is 346 g/mol. The van der Waals surface area contributed by atoms with Gasteiger partial charge in [0.2, 0.25) is 5.91 Å². The molecule has 1 heterocycles. The topological polar surface area (TPSA) is 88.7 Å². The summed E-state index contributed by atoms with van der Waals surface area (Å²) in [6.45, 7) is 0.712. The highest BCUT2D eigenvalue weighted by molar-refractivity contribution is 5.96. The first-order valence-corrected chi connectivity index (χ1v) is 8.85. The van der Waals surface area contributed by atoms with E-state index in [2.05, 4.69) is 16.0 Å². The average Bonchev–Trinajstić information content (AvgIpc) is 3.22. The fourth-order valence-electron chi connectivity index (χ4n) is 2.89. The van der Waals surface area contributed by atoms with Gasteiger partial charge in [0.1, 0.15) is 0 Å². The van der Waals surface area contributed by atoms with Gasteiger partial charge < -0.3 is 25.4 Å². The molecule has 7 heteroatoms. The first-order valence-electron chi connectivity index (χ1n) is 8.85. The molecule has 27 heavy (non-hydrogen) atoms. The highest BCUT2D eigenvalue weighted by Gasteiger charge is 2.21. The number of para-hydroxylation sites is 2. The lowest BCUT2D eigenvalue weighted by molar-refractivity contribution is -0.118. The lowest BCUT2D eigenvalue weighted by atomic mass is 10.2. The lowest BCUT2D eigenvalue weighted by Gasteiger charge is -2.13. The Morgan fingerprint density at radius 3 is 2.52 bits per heavy atom. The van der Waals surface area contributed by atoms with Crippen molar-refractivity contribution < 1.29 is 19.1 Å². The summed E-state index contributed by atoms with van der Waals surface area (Å²) in [6.07, 6.45) is 1.84. The minimum Gasteiger partial charge on any atom is -0.493 e. The van der Waals surface area contributed by atoms with Crippen molar-refractivity contribution >= 4 is 23.2 Å². The Morgan fingerprint density at radius 2 is 1.81 bits per heavy atom. The van der Waals surface area contributed by atoms with Crippen molar-refractivity contribution in [2.24, 2.45) is 0 Å². The molecule has 2 amide bonds. The van der Waals surface area contributed by atoms with Crippen LogP contribution in [0, 0.1) is 0 Å². The number of nitrogens with one attached hydrogen (secondary N) is 3. The lowest BCUT2D eigenvalue weighted by Crippen LogP contribution is -2.35. The van der Waals surface area contributed by atoms with Gasteiger partial charge in [0, 0.05) is 11.4 Å². The Morgan fingerprint density at radius 1 is 1.07 bits per heavy atom. The molecule has 7 nitrogen and oxygen atoms in total. The van der Waals surface area contributed by atoms with Gasteiger partial charge in [-0.05, 0) is 49.7 Å². The fraction of sp³-hybridized carbons (Fsp3) is 0.300. The minimum atomic E-state index is -0.304. The van der Waals surface area contributed by atoms with Crippen molar-refractivity contribution in [2.45, 2.75) is 18.9 Å². The van der Waals surface area contributed by atoms with E-state index in [0.717, 1.165) is 19.4 Å². The second-order valence-electron chi connectivity index (χ2n) is 6.21. The van der Waals surface area contributed by atoms with E-state index in [1.165, 1.54) is 0 Å². The molecule has 0 aromatic heterocycles. The van der Waals surface area contributed by atoms with E-state index >= 15 is 0 Å². The molecule has 2 aromatic rings. The molecular formula is C20H23N3O4. The van der Waals surface area contributed by atoms with Crippen LogP contribution in [0.2, 0.25) is 0 Å². The smallest absolute Gasteiger partial charge is 0.262 e. The number of ether oxygens (including phenoxy) is 2. The third-order valence-electron chi connectivity index (χ3n) is 4.22. The number of rotatable bonds is 7. The van der Waals surface area contributed by atoms with Gasteiger partial charge in [-0.15, -0.1) is 0 Å². The number of hydrogen-bond donors (Lipinski definition) is 3. The minimum absolute atomic E-state index is 0.0597. The maximum atomic E-state index is 12.2. The summed E-state index contributed by atoms with van der Waals surface area (Å²) < 4.78 is 10.7. The van der Waals surface area contributed by atoms with Crippen molar-refractivity contribution in [3.8, 4) is 11.5 Å². The van der Waals surface area contributed by atoms with Crippen molar-refractivity contribution in [3.63, 3.8) is 0 Å². The molecule has 1 aliphatic heterocycles. The molecule has 0 aliphatic carbocycles. The van der Waals surface area contributed by atoms with Crippen LogP contribution in [0.1, 0.15) is 12.8 Å². The van der Waals surface area contributed by atoms with E-state index in [-0.39, 0.29) is 24.5 Å². The Labute approximate surface area is 158 Å². The number of methoxy groups -OCH3 is 1. The SMILES string of the molecule is COc1ccccc1OCC(=O)Nc1cccc(NC(=O)C2CCCN2)c1. The monoisotopic (exact) mass is 369 g/mol. The molecule has 0 radical (unpaired) electrons. The summed E-state index contributed by atoms with van der Waals surface area (Å²) in [5, 5.41) is 8.79. The molecule has 3 rings (SSSR count). The van der Waals surface area contributed by atoms with E-state index < -0.39 is 0 Å². The summed E-state index contributed by atoms with van der Waals surface area (Å²) in [7, 11) is 1.54. The normalized spacial score (nSPS) is 15.8. The first kappa shape index (κ1) is 18.7. The second kappa shape index (κ2) is 9.05. The number of anilines is 2. The van der Waals surface area contributed by atoms with Gasteiger partial charge >= 0.3 is 0 Å². The Kier molecular flexibility index (Phi) is 6.27. The van der Waals surface area contributed by atoms with Gasteiger partial charge in [0.05, 0.1) is 13.2 Å². The van der Waals surface area contributed by atoms with Crippen LogP contribution in [0.15, 0.2) is 48.5 Å². The maximum absolute atomic E-state index is 12.2. The van der Waals surface area contributed by atoms with Crippen LogP contribution in [0.3, 0.4) is 0 Å². The molecule has 142 valence electrons.